The first-order valence-electron chi connectivity index (χ1n) is 9.91. The van der Waals surface area contributed by atoms with Gasteiger partial charge in [-0.2, -0.15) is 5.10 Å². The van der Waals surface area contributed by atoms with E-state index in [0.29, 0.717) is 18.2 Å². The van der Waals surface area contributed by atoms with Gasteiger partial charge in [-0.05, 0) is 38.0 Å². The molecule has 0 radical (unpaired) electrons. The normalized spacial score (nSPS) is 16.4. The van der Waals surface area contributed by atoms with Crippen molar-refractivity contribution < 1.29 is 14.6 Å². The van der Waals surface area contributed by atoms with Crippen LogP contribution in [0.2, 0.25) is 0 Å². The number of methoxy groups -OCH3 is 1. The number of rotatable bonds is 4. The lowest BCUT2D eigenvalue weighted by atomic mass is 10.1. The molecule has 0 aliphatic carbocycles. The lowest BCUT2D eigenvalue weighted by molar-refractivity contribution is 0.184. The standard InChI is InChI=1S/C22H23N5O3/c1-13-8-18(15-9-17(29-3)11-23-10-15)24-21-14(2)27(22(28)20(13)21)19-4-6-26(25-19)16-5-7-30-12-16/h4,6,8-11,16,28H,5,7,12H2,1-3H3/t16-/m1/s1. The maximum atomic E-state index is 11.0. The summed E-state index contributed by atoms with van der Waals surface area (Å²) in [6.07, 6.45) is 6.30. The second-order valence-electron chi connectivity index (χ2n) is 7.58. The van der Waals surface area contributed by atoms with Gasteiger partial charge in [0.15, 0.2) is 5.82 Å². The van der Waals surface area contributed by atoms with E-state index < -0.39 is 0 Å². The average molecular weight is 405 g/mol. The predicted molar refractivity (Wildman–Crippen MR) is 112 cm³/mol. The minimum atomic E-state index is 0.149. The van der Waals surface area contributed by atoms with Crippen LogP contribution in [-0.2, 0) is 4.74 Å². The lowest BCUT2D eigenvalue weighted by Crippen LogP contribution is -2.10. The van der Waals surface area contributed by atoms with Crippen LogP contribution in [0.3, 0.4) is 0 Å². The largest absolute Gasteiger partial charge is 0.495 e. The highest BCUT2D eigenvalue weighted by molar-refractivity contribution is 5.93. The van der Waals surface area contributed by atoms with Crippen molar-refractivity contribution in [2.24, 2.45) is 0 Å². The number of hydrogen-bond acceptors (Lipinski definition) is 6. The van der Waals surface area contributed by atoms with Gasteiger partial charge in [0.2, 0.25) is 5.88 Å². The summed E-state index contributed by atoms with van der Waals surface area (Å²) in [7, 11) is 1.61. The molecule has 1 saturated heterocycles. The molecule has 8 heteroatoms. The third-order valence-electron chi connectivity index (χ3n) is 5.68. The summed E-state index contributed by atoms with van der Waals surface area (Å²) in [5, 5.41) is 16.5. The Labute approximate surface area is 173 Å². The quantitative estimate of drug-likeness (QED) is 0.558. The molecule has 0 bridgehead atoms. The molecule has 1 fully saturated rings. The van der Waals surface area contributed by atoms with Gasteiger partial charge >= 0.3 is 0 Å². The number of hydrogen-bond donors (Lipinski definition) is 1. The molecule has 30 heavy (non-hydrogen) atoms. The molecule has 0 saturated carbocycles. The number of aromatic hydroxyl groups is 1. The Morgan fingerprint density at radius 2 is 2.10 bits per heavy atom. The Morgan fingerprint density at radius 1 is 1.23 bits per heavy atom. The first-order valence-corrected chi connectivity index (χ1v) is 9.91. The van der Waals surface area contributed by atoms with Crippen LogP contribution in [-0.4, -0.2) is 49.7 Å². The highest BCUT2D eigenvalue weighted by Gasteiger charge is 2.23. The Balaban J connectivity index is 1.63. The van der Waals surface area contributed by atoms with Gasteiger partial charge in [-0.25, -0.2) is 4.98 Å². The molecule has 0 amide bonds. The van der Waals surface area contributed by atoms with Crippen LogP contribution in [0.25, 0.3) is 28.0 Å². The summed E-state index contributed by atoms with van der Waals surface area (Å²) < 4.78 is 14.4. The number of aromatic nitrogens is 5. The van der Waals surface area contributed by atoms with Crippen LogP contribution in [0.4, 0.5) is 0 Å². The Morgan fingerprint density at radius 3 is 2.87 bits per heavy atom. The predicted octanol–water partition coefficient (Wildman–Crippen LogP) is 3.58. The maximum Gasteiger partial charge on any atom is 0.207 e. The number of aryl methyl sites for hydroxylation is 2. The summed E-state index contributed by atoms with van der Waals surface area (Å²) in [5.74, 6) is 1.49. The zero-order valence-electron chi connectivity index (χ0n) is 17.2. The SMILES string of the molecule is COc1cncc(-c2cc(C)c3c(O)n(-c4ccn([C@@H]5CCOC5)n4)c(C)c3n2)c1. The molecule has 5 rings (SSSR count). The van der Waals surface area contributed by atoms with E-state index in [2.05, 4.69) is 4.98 Å². The van der Waals surface area contributed by atoms with E-state index in [9.17, 15) is 5.11 Å². The highest BCUT2D eigenvalue weighted by atomic mass is 16.5. The molecule has 1 N–H and O–H groups in total. The molecule has 8 nitrogen and oxygen atoms in total. The van der Waals surface area contributed by atoms with Gasteiger partial charge < -0.3 is 14.6 Å². The van der Waals surface area contributed by atoms with Crippen LogP contribution in [0.15, 0.2) is 36.8 Å². The van der Waals surface area contributed by atoms with E-state index in [4.69, 9.17) is 19.6 Å². The first kappa shape index (κ1) is 18.6. The summed E-state index contributed by atoms with van der Waals surface area (Å²) in [4.78, 5) is 9.07. The fourth-order valence-electron chi connectivity index (χ4n) is 4.07. The van der Waals surface area contributed by atoms with E-state index in [1.165, 1.54) is 0 Å². The minimum absolute atomic E-state index is 0.149. The van der Waals surface area contributed by atoms with E-state index in [0.717, 1.165) is 46.4 Å². The van der Waals surface area contributed by atoms with E-state index in [-0.39, 0.29) is 11.9 Å². The molecule has 1 aliphatic heterocycles. The zero-order chi connectivity index (χ0) is 20.8. The van der Waals surface area contributed by atoms with Gasteiger partial charge in [0.05, 0.1) is 48.2 Å². The molecule has 4 aromatic heterocycles. The smallest absolute Gasteiger partial charge is 0.207 e. The van der Waals surface area contributed by atoms with Crippen molar-refractivity contribution >= 4 is 10.9 Å². The Kier molecular flexibility index (Phi) is 4.43. The molecule has 0 aromatic carbocycles. The third-order valence-corrected chi connectivity index (χ3v) is 5.68. The van der Waals surface area contributed by atoms with E-state index in [1.807, 2.05) is 42.9 Å². The average Bonchev–Trinajstić information content (AvgIpc) is 3.49. The topological polar surface area (TPSA) is 87.2 Å². The van der Waals surface area contributed by atoms with Crippen molar-refractivity contribution in [3.63, 3.8) is 0 Å². The summed E-state index contributed by atoms with van der Waals surface area (Å²) >= 11 is 0. The zero-order valence-corrected chi connectivity index (χ0v) is 17.2. The molecule has 5 heterocycles. The van der Waals surface area contributed by atoms with Gasteiger partial charge in [0.25, 0.3) is 0 Å². The van der Waals surface area contributed by atoms with Crippen molar-refractivity contribution in [3.8, 4) is 28.7 Å². The highest BCUT2D eigenvalue weighted by Crippen LogP contribution is 2.37. The van der Waals surface area contributed by atoms with Crippen LogP contribution in [0, 0.1) is 13.8 Å². The van der Waals surface area contributed by atoms with Crippen LogP contribution in [0.1, 0.15) is 23.7 Å². The Bertz CT molecular complexity index is 1240. The fourth-order valence-corrected chi connectivity index (χ4v) is 4.07. The molecule has 4 aromatic rings. The number of pyridine rings is 2. The number of fused-ring (bicyclic) bond motifs is 1. The summed E-state index contributed by atoms with van der Waals surface area (Å²) in [6, 6.07) is 6.00. The first-order chi connectivity index (χ1) is 14.6. The monoisotopic (exact) mass is 405 g/mol. The van der Waals surface area contributed by atoms with Crippen molar-refractivity contribution in [1.29, 1.82) is 0 Å². The van der Waals surface area contributed by atoms with Crippen molar-refractivity contribution in [2.45, 2.75) is 26.3 Å². The van der Waals surface area contributed by atoms with Crippen LogP contribution >= 0.6 is 0 Å². The van der Waals surface area contributed by atoms with Crippen molar-refractivity contribution in [3.05, 3.63) is 48.0 Å². The van der Waals surface area contributed by atoms with Crippen LogP contribution in [0.5, 0.6) is 11.6 Å². The molecule has 1 aliphatic rings. The van der Waals surface area contributed by atoms with Gasteiger partial charge in [-0.3, -0.25) is 14.2 Å². The van der Waals surface area contributed by atoms with Gasteiger partial charge in [0.1, 0.15) is 5.75 Å². The lowest BCUT2D eigenvalue weighted by Gasteiger charge is -2.08. The Hall–Kier alpha value is -3.39. The van der Waals surface area contributed by atoms with Crippen molar-refractivity contribution in [2.75, 3.05) is 20.3 Å². The van der Waals surface area contributed by atoms with E-state index in [1.54, 1.807) is 24.1 Å². The number of nitrogens with zero attached hydrogens (tertiary/aromatic N) is 5. The van der Waals surface area contributed by atoms with E-state index >= 15 is 0 Å². The molecular formula is C22H23N5O3. The summed E-state index contributed by atoms with van der Waals surface area (Å²) in [5.41, 5.74) is 4.14. The molecule has 1 atom stereocenters. The van der Waals surface area contributed by atoms with Gasteiger partial charge in [-0.1, -0.05) is 0 Å². The molecule has 0 unspecified atom stereocenters. The summed E-state index contributed by atoms with van der Waals surface area (Å²) in [6.45, 7) is 5.33. The van der Waals surface area contributed by atoms with Gasteiger partial charge in [0, 0.05) is 30.6 Å². The van der Waals surface area contributed by atoms with Gasteiger partial charge in [-0.15, -0.1) is 0 Å². The molecular weight excluding hydrogens is 382 g/mol. The van der Waals surface area contributed by atoms with Crippen molar-refractivity contribution in [1.82, 2.24) is 24.3 Å². The fraction of sp³-hybridized carbons (Fsp3) is 0.318. The second-order valence-corrected chi connectivity index (χ2v) is 7.58. The third kappa shape index (κ3) is 2.91. The minimum Gasteiger partial charge on any atom is -0.495 e. The molecule has 154 valence electrons. The second kappa shape index (κ2) is 7.14. The maximum absolute atomic E-state index is 11.0. The number of ether oxygens (including phenoxy) is 2. The van der Waals surface area contributed by atoms with Crippen LogP contribution < -0.4 is 4.74 Å². The molecule has 0 spiro atoms.